The van der Waals surface area contributed by atoms with Gasteiger partial charge < -0.3 is 10.3 Å². The number of pyridine rings is 1. The highest BCUT2D eigenvalue weighted by Gasteiger charge is 2.18. The zero-order valence-electron chi connectivity index (χ0n) is 12.1. The van der Waals surface area contributed by atoms with E-state index in [1.165, 1.54) is 5.56 Å². The van der Waals surface area contributed by atoms with E-state index in [2.05, 4.69) is 45.2 Å². The molecule has 0 aliphatic carbocycles. The minimum absolute atomic E-state index is 0.515. The number of nitrogens with zero attached hydrogens (tertiary/aromatic N) is 3. The number of H-pyrrole nitrogens is 1. The van der Waals surface area contributed by atoms with Gasteiger partial charge in [0.25, 0.3) is 0 Å². The smallest absolute Gasteiger partial charge is 0.137 e. The molecule has 1 fully saturated rings. The third-order valence-corrected chi connectivity index (χ3v) is 4.28. The normalized spacial score (nSPS) is 16.6. The SMILES string of the molecule is Cc1nn(C2CCNCC2)cc1-c1cc2cccnc2[nH]1. The first-order valence-electron chi connectivity index (χ1n) is 7.52. The zero-order chi connectivity index (χ0) is 14.2. The second kappa shape index (κ2) is 5.00. The Balaban J connectivity index is 1.72. The fourth-order valence-electron chi connectivity index (χ4n) is 3.11. The lowest BCUT2D eigenvalue weighted by molar-refractivity contribution is 0.342. The van der Waals surface area contributed by atoms with Crippen LogP contribution in [0.5, 0.6) is 0 Å². The molecule has 1 saturated heterocycles. The van der Waals surface area contributed by atoms with Gasteiger partial charge in [-0.2, -0.15) is 5.10 Å². The Labute approximate surface area is 123 Å². The van der Waals surface area contributed by atoms with Crippen LogP contribution in [0.1, 0.15) is 24.6 Å². The van der Waals surface area contributed by atoms with Crippen molar-refractivity contribution in [3.8, 4) is 11.3 Å². The molecular weight excluding hydrogens is 262 g/mol. The van der Waals surface area contributed by atoms with Crippen molar-refractivity contribution >= 4 is 11.0 Å². The molecule has 0 atom stereocenters. The Morgan fingerprint density at radius 2 is 2.14 bits per heavy atom. The lowest BCUT2D eigenvalue weighted by atomic mass is 10.1. The van der Waals surface area contributed by atoms with Crippen molar-refractivity contribution in [2.24, 2.45) is 0 Å². The van der Waals surface area contributed by atoms with Crippen molar-refractivity contribution in [1.29, 1.82) is 0 Å². The van der Waals surface area contributed by atoms with Crippen molar-refractivity contribution in [2.75, 3.05) is 13.1 Å². The minimum atomic E-state index is 0.515. The second-order valence-electron chi connectivity index (χ2n) is 5.71. The summed E-state index contributed by atoms with van der Waals surface area (Å²) in [6.45, 7) is 4.23. The van der Waals surface area contributed by atoms with E-state index in [1.807, 2.05) is 12.3 Å². The van der Waals surface area contributed by atoms with Gasteiger partial charge in [-0.05, 0) is 51.1 Å². The summed E-state index contributed by atoms with van der Waals surface area (Å²) in [6, 6.07) is 6.71. The molecule has 0 spiro atoms. The molecule has 1 aliphatic heterocycles. The van der Waals surface area contributed by atoms with Crippen molar-refractivity contribution in [1.82, 2.24) is 25.1 Å². The van der Waals surface area contributed by atoms with E-state index in [-0.39, 0.29) is 0 Å². The molecule has 3 aromatic heterocycles. The van der Waals surface area contributed by atoms with E-state index in [4.69, 9.17) is 5.10 Å². The van der Waals surface area contributed by atoms with Crippen LogP contribution in [0.3, 0.4) is 0 Å². The molecule has 0 unspecified atom stereocenters. The highest BCUT2D eigenvalue weighted by atomic mass is 15.3. The summed E-state index contributed by atoms with van der Waals surface area (Å²) in [5.41, 5.74) is 4.27. The molecule has 5 nitrogen and oxygen atoms in total. The van der Waals surface area contributed by atoms with Gasteiger partial charge in [-0.25, -0.2) is 4.98 Å². The van der Waals surface area contributed by atoms with Gasteiger partial charge in [-0.15, -0.1) is 0 Å². The predicted octanol–water partition coefficient (Wildman–Crippen LogP) is 2.66. The Kier molecular flexibility index (Phi) is 3.00. The molecule has 4 rings (SSSR count). The molecule has 4 heterocycles. The van der Waals surface area contributed by atoms with Crippen molar-refractivity contribution in [2.45, 2.75) is 25.8 Å². The zero-order valence-corrected chi connectivity index (χ0v) is 12.1. The van der Waals surface area contributed by atoms with Crippen LogP contribution in [0.25, 0.3) is 22.3 Å². The second-order valence-corrected chi connectivity index (χ2v) is 5.71. The average Bonchev–Trinajstić information content (AvgIpc) is 3.11. The van der Waals surface area contributed by atoms with E-state index >= 15 is 0 Å². The van der Waals surface area contributed by atoms with Gasteiger partial charge in [0, 0.05) is 23.3 Å². The van der Waals surface area contributed by atoms with Gasteiger partial charge >= 0.3 is 0 Å². The van der Waals surface area contributed by atoms with Crippen molar-refractivity contribution in [3.63, 3.8) is 0 Å². The largest absolute Gasteiger partial charge is 0.339 e. The molecule has 21 heavy (non-hydrogen) atoms. The molecule has 0 aromatic carbocycles. The first kappa shape index (κ1) is 12.6. The number of aromatic amines is 1. The summed E-state index contributed by atoms with van der Waals surface area (Å²) < 4.78 is 2.14. The number of rotatable bonds is 2. The Morgan fingerprint density at radius 3 is 2.95 bits per heavy atom. The van der Waals surface area contributed by atoms with Crippen molar-refractivity contribution in [3.05, 3.63) is 36.3 Å². The van der Waals surface area contributed by atoms with Crippen LogP contribution in [-0.2, 0) is 0 Å². The lowest BCUT2D eigenvalue weighted by Gasteiger charge is -2.22. The molecule has 0 amide bonds. The van der Waals surface area contributed by atoms with E-state index in [1.54, 1.807) is 0 Å². The number of aromatic nitrogens is 4. The Morgan fingerprint density at radius 1 is 1.29 bits per heavy atom. The molecule has 0 saturated carbocycles. The molecule has 108 valence electrons. The third kappa shape index (κ3) is 2.23. The minimum Gasteiger partial charge on any atom is -0.339 e. The molecule has 0 radical (unpaired) electrons. The fraction of sp³-hybridized carbons (Fsp3) is 0.375. The van der Waals surface area contributed by atoms with Crippen LogP contribution in [0, 0.1) is 6.92 Å². The average molecular weight is 281 g/mol. The van der Waals surface area contributed by atoms with Crippen LogP contribution >= 0.6 is 0 Å². The Bertz CT molecular complexity index is 731. The molecule has 2 N–H and O–H groups in total. The number of hydrogen-bond donors (Lipinski definition) is 2. The third-order valence-electron chi connectivity index (χ3n) is 4.28. The summed E-state index contributed by atoms with van der Waals surface area (Å²) in [5.74, 6) is 0. The van der Waals surface area contributed by atoms with Gasteiger partial charge in [-0.1, -0.05) is 0 Å². The van der Waals surface area contributed by atoms with Crippen LogP contribution in [0.15, 0.2) is 30.6 Å². The van der Waals surface area contributed by atoms with Gasteiger partial charge in [-0.3, -0.25) is 4.68 Å². The monoisotopic (exact) mass is 281 g/mol. The standard InChI is InChI=1S/C16H19N5/c1-11-14(10-21(20-11)13-4-7-17-8-5-13)15-9-12-3-2-6-18-16(12)19-15/h2-3,6,9-10,13,17H,4-5,7-8H2,1H3,(H,18,19). The van der Waals surface area contributed by atoms with E-state index in [9.17, 15) is 0 Å². The van der Waals surface area contributed by atoms with E-state index < -0.39 is 0 Å². The molecule has 0 bridgehead atoms. The van der Waals surface area contributed by atoms with Crippen molar-refractivity contribution < 1.29 is 0 Å². The van der Waals surface area contributed by atoms with Crippen LogP contribution < -0.4 is 5.32 Å². The molecule has 5 heteroatoms. The maximum atomic E-state index is 4.73. The quantitative estimate of drug-likeness (QED) is 0.759. The predicted molar refractivity (Wildman–Crippen MR) is 83.2 cm³/mol. The van der Waals surface area contributed by atoms with Gasteiger partial charge in [0.1, 0.15) is 5.65 Å². The van der Waals surface area contributed by atoms with Crippen LogP contribution in [-0.4, -0.2) is 32.8 Å². The maximum absolute atomic E-state index is 4.73. The van der Waals surface area contributed by atoms with Crippen LogP contribution in [0.2, 0.25) is 0 Å². The topological polar surface area (TPSA) is 58.5 Å². The highest BCUT2D eigenvalue weighted by Crippen LogP contribution is 2.28. The van der Waals surface area contributed by atoms with E-state index in [0.29, 0.717) is 6.04 Å². The van der Waals surface area contributed by atoms with Gasteiger partial charge in [0.05, 0.1) is 17.4 Å². The molecule has 1 aliphatic rings. The first-order chi connectivity index (χ1) is 10.3. The van der Waals surface area contributed by atoms with Gasteiger partial charge in [0.2, 0.25) is 0 Å². The molecular formula is C16H19N5. The number of aryl methyl sites for hydroxylation is 1. The van der Waals surface area contributed by atoms with Gasteiger partial charge in [0.15, 0.2) is 0 Å². The number of piperidine rings is 1. The summed E-state index contributed by atoms with van der Waals surface area (Å²) >= 11 is 0. The highest BCUT2D eigenvalue weighted by molar-refractivity contribution is 5.83. The molecule has 3 aromatic rings. The lowest BCUT2D eigenvalue weighted by Crippen LogP contribution is -2.29. The number of fused-ring (bicyclic) bond motifs is 1. The maximum Gasteiger partial charge on any atom is 0.137 e. The summed E-state index contributed by atoms with van der Waals surface area (Å²) in [7, 11) is 0. The summed E-state index contributed by atoms with van der Waals surface area (Å²) in [6.07, 6.45) is 6.29. The fourth-order valence-corrected chi connectivity index (χ4v) is 3.11. The summed E-state index contributed by atoms with van der Waals surface area (Å²) in [5, 5.41) is 9.27. The number of nitrogens with one attached hydrogen (secondary N) is 2. The number of hydrogen-bond acceptors (Lipinski definition) is 3. The van der Waals surface area contributed by atoms with Crippen LogP contribution in [0.4, 0.5) is 0 Å². The first-order valence-corrected chi connectivity index (χ1v) is 7.52. The summed E-state index contributed by atoms with van der Waals surface area (Å²) in [4.78, 5) is 7.75. The van der Waals surface area contributed by atoms with E-state index in [0.717, 1.165) is 48.4 Å². The Hall–Kier alpha value is -2.14.